The number of rotatable bonds is 4. The molecule has 24 heavy (non-hydrogen) atoms. The lowest BCUT2D eigenvalue weighted by atomic mass is 9.72. The van der Waals surface area contributed by atoms with Gasteiger partial charge in [-0.3, -0.25) is 5.41 Å². The third-order valence-electron chi connectivity index (χ3n) is 3.91. The summed E-state index contributed by atoms with van der Waals surface area (Å²) >= 11 is 1.46. The van der Waals surface area contributed by atoms with Gasteiger partial charge in [-0.15, -0.1) is 0 Å². The van der Waals surface area contributed by atoms with Crippen LogP contribution in [-0.2, 0) is 10.3 Å². The molecule has 0 saturated heterocycles. The van der Waals surface area contributed by atoms with Crippen molar-refractivity contribution in [3.05, 3.63) is 29.8 Å². The summed E-state index contributed by atoms with van der Waals surface area (Å²) in [5.41, 5.74) is 1.06. The van der Waals surface area contributed by atoms with Crippen LogP contribution in [0.4, 0.5) is 10.5 Å². The summed E-state index contributed by atoms with van der Waals surface area (Å²) < 4.78 is 5.41. The Morgan fingerprint density at radius 1 is 1.38 bits per heavy atom. The fourth-order valence-corrected chi connectivity index (χ4v) is 3.20. The highest BCUT2D eigenvalue weighted by atomic mass is 32.2. The number of alkyl carbamates (subject to hydrolysis) is 1. The first-order chi connectivity index (χ1) is 11.2. The molecule has 1 aliphatic carbocycles. The highest BCUT2D eigenvalue weighted by molar-refractivity contribution is 8.14. The van der Waals surface area contributed by atoms with E-state index in [4.69, 9.17) is 10.1 Å². The SMILES string of the molecule is CCSC(=N)Nc1cccc(C2(NC(=O)OC(C)(C)C)CCC2)c1. The number of thioether (sulfide) groups is 1. The number of amides is 1. The summed E-state index contributed by atoms with van der Waals surface area (Å²) in [5, 5.41) is 14.5. The third-order valence-corrected chi connectivity index (χ3v) is 4.59. The van der Waals surface area contributed by atoms with E-state index in [9.17, 15) is 4.79 Å². The van der Waals surface area contributed by atoms with Crippen LogP contribution in [0.1, 0.15) is 52.5 Å². The predicted molar refractivity (Wildman–Crippen MR) is 101 cm³/mol. The Kier molecular flexibility index (Phi) is 5.80. The molecule has 3 N–H and O–H groups in total. The van der Waals surface area contributed by atoms with Gasteiger partial charge in [0, 0.05) is 5.69 Å². The number of nitrogens with one attached hydrogen (secondary N) is 3. The fraction of sp³-hybridized carbons (Fsp3) is 0.556. The van der Waals surface area contributed by atoms with Gasteiger partial charge in [-0.1, -0.05) is 30.8 Å². The zero-order chi connectivity index (χ0) is 17.8. The Hall–Kier alpha value is -1.69. The summed E-state index contributed by atoms with van der Waals surface area (Å²) in [7, 11) is 0. The molecule has 2 rings (SSSR count). The predicted octanol–water partition coefficient (Wildman–Crippen LogP) is 4.69. The Morgan fingerprint density at radius 3 is 2.62 bits per heavy atom. The van der Waals surface area contributed by atoms with E-state index in [-0.39, 0.29) is 11.6 Å². The van der Waals surface area contributed by atoms with E-state index in [0.29, 0.717) is 5.17 Å². The number of benzene rings is 1. The van der Waals surface area contributed by atoms with Crippen molar-refractivity contribution in [1.82, 2.24) is 5.32 Å². The van der Waals surface area contributed by atoms with Crippen molar-refractivity contribution in [2.75, 3.05) is 11.1 Å². The molecule has 1 saturated carbocycles. The zero-order valence-electron chi connectivity index (χ0n) is 14.9. The van der Waals surface area contributed by atoms with E-state index < -0.39 is 5.60 Å². The van der Waals surface area contributed by atoms with E-state index in [1.54, 1.807) is 0 Å². The molecule has 0 spiro atoms. The van der Waals surface area contributed by atoms with Crippen LogP contribution in [-0.4, -0.2) is 22.6 Å². The maximum absolute atomic E-state index is 12.2. The quantitative estimate of drug-likeness (QED) is 0.544. The molecule has 1 fully saturated rings. The van der Waals surface area contributed by atoms with Gasteiger partial charge in [0.2, 0.25) is 0 Å². The molecule has 0 aromatic heterocycles. The van der Waals surface area contributed by atoms with Crippen LogP contribution < -0.4 is 10.6 Å². The fourth-order valence-electron chi connectivity index (χ4n) is 2.72. The molecular weight excluding hydrogens is 322 g/mol. The molecule has 0 heterocycles. The first-order valence-corrected chi connectivity index (χ1v) is 9.33. The Morgan fingerprint density at radius 2 is 2.08 bits per heavy atom. The summed E-state index contributed by atoms with van der Waals surface area (Å²) in [5.74, 6) is 0.857. The van der Waals surface area contributed by atoms with Crippen LogP contribution in [0.5, 0.6) is 0 Å². The molecule has 0 radical (unpaired) electrons. The van der Waals surface area contributed by atoms with Gasteiger partial charge < -0.3 is 15.4 Å². The van der Waals surface area contributed by atoms with Gasteiger partial charge in [0.1, 0.15) is 5.60 Å². The Balaban J connectivity index is 2.12. The van der Waals surface area contributed by atoms with Crippen LogP contribution >= 0.6 is 11.8 Å². The van der Waals surface area contributed by atoms with Crippen molar-refractivity contribution >= 4 is 28.7 Å². The van der Waals surface area contributed by atoms with E-state index in [1.807, 2.05) is 52.0 Å². The monoisotopic (exact) mass is 349 g/mol. The number of anilines is 1. The number of ether oxygens (including phenoxy) is 1. The molecule has 1 aliphatic rings. The molecule has 0 bridgehead atoms. The molecular formula is C18H27N3O2S. The van der Waals surface area contributed by atoms with Gasteiger partial charge in [-0.2, -0.15) is 0 Å². The van der Waals surface area contributed by atoms with E-state index >= 15 is 0 Å². The topological polar surface area (TPSA) is 74.2 Å². The van der Waals surface area contributed by atoms with E-state index in [0.717, 1.165) is 36.3 Å². The molecule has 0 aliphatic heterocycles. The molecule has 1 aromatic rings. The summed E-state index contributed by atoms with van der Waals surface area (Å²) in [4.78, 5) is 12.2. The Bertz CT molecular complexity index is 607. The van der Waals surface area contributed by atoms with Gasteiger partial charge in [-0.05, 0) is 63.5 Å². The largest absolute Gasteiger partial charge is 0.444 e. The highest BCUT2D eigenvalue weighted by Gasteiger charge is 2.41. The minimum absolute atomic E-state index is 0.361. The zero-order valence-corrected chi connectivity index (χ0v) is 15.7. The lowest BCUT2D eigenvalue weighted by Crippen LogP contribution is -2.52. The molecule has 0 atom stereocenters. The van der Waals surface area contributed by atoms with Gasteiger partial charge in [-0.25, -0.2) is 4.79 Å². The molecule has 6 heteroatoms. The van der Waals surface area contributed by atoms with Crippen molar-refractivity contribution < 1.29 is 9.53 Å². The second-order valence-electron chi connectivity index (χ2n) is 7.03. The highest BCUT2D eigenvalue weighted by Crippen LogP contribution is 2.42. The second kappa shape index (κ2) is 7.47. The number of hydrogen-bond acceptors (Lipinski definition) is 4. The molecule has 5 nitrogen and oxygen atoms in total. The molecule has 1 aromatic carbocycles. The van der Waals surface area contributed by atoms with Crippen LogP contribution in [0.25, 0.3) is 0 Å². The van der Waals surface area contributed by atoms with Crippen LogP contribution in [0.2, 0.25) is 0 Å². The standard InChI is InChI=1S/C18H27N3O2S/c1-5-24-15(19)20-14-9-6-8-13(12-14)18(10-7-11-18)21-16(22)23-17(2,3)4/h6,8-9,12H,5,7,10-11H2,1-4H3,(H2,19,20)(H,21,22). The van der Waals surface area contributed by atoms with Gasteiger partial charge in [0.25, 0.3) is 0 Å². The summed E-state index contributed by atoms with van der Waals surface area (Å²) in [6.45, 7) is 7.61. The number of carbonyl (C=O) groups is 1. The maximum atomic E-state index is 12.2. The minimum atomic E-state index is -0.509. The lowest BCUT2D eigenvalue weighted by molar-refractivity contribution is 0.0377. The molecule has 0 unspecified atom stereocenters. The average molecular weight is 350 g/mol. The maximum Gasteiger partial charge on any atom is 0.408 e. The third kappa shape index (κ3) is 4.90. The minimum Gasteiger partial charge on any atom is -0.444 e. The summed E-state index contributed by atoms with van der Waals surface area (Å²) in [6.07, 6.45) is 2.50. The first-order valence-electron chi connectivity index (χ1n) is 8.34. The number of hydrogen-bond donors (Lipinski definition) is 3. The number of carbonyl (C=O) groups excluding carboxylic acids is 1. The van der Waals surface area contributed by atoms with Crippen molar-refractivity contribution in [1.29, 1.82) is 5.41 Å². The van der Waals surface area contributed by atoms with Gasteiger partial charge in [0.15, 0.2) is 5.17 Å². The van der Waals surface area contributed by atoms with E-state index in [1.165, 1.54) is 11.8 Å². The van der Waals surface area contributed by atoms with Crippen LogP contribution in [0.3, 0.4) is 0 Å². The van der Waals surface area contributed by atoms with Crippen molar-refractivity contribution in [2.24, 2.45) is 0 Å². The molecule has 132 valence electrons. The number of amidine groups is 1. The Labute approximate surface area is 148 Å². The van der Waals surface area contributed by atoms with Gasteiger partial charge >= 0.3 is 6.09 Å². The molecule has 1 amide bonds. The normalized spacial score (nSPS) is 16.0. The van der Waals surface area contributed by atoms with Crippen molar-refractivity contribution in [2.45, 2.75) is 58.1 Å². The smallest absolute Gasteiger partial charge is 0.408 e. The van der Waals surface area contributed by atoms with E-state index in [2.05, 4.69) is 10.6 Å². The van der Waals surface area contributed by atoms with Crippen molar-refractivity contribution in [3.8, 4) is 0 Å². The average Bonchev–Trinajstić information content (AvgIpc) is 2.41. The first kappa shape index (κ1) is 18.6. The van der Waals surface area contributed by atoms with Crippen molar-refractivity contribution in [3.63, 3.8) is 0 Å². The van der Waals surface area contributed by atoms with Gasteiger partial charge in [0.05, 0.1) is 5.54 Å². The van der Waals surface area contributed by atoms with Crippen LogP contribution in [0.15, 0.2) is 24.3 Å². The van der Waals surface area contributed by atoms with Crippen LogP contribution in [0, 0.1) is 5.41 Å². The summed E-state index contributed by atoms with van der Waals surface area (Å²) in [6, 6.07) is 7.94. The lowest BCUT2D eigenvalue weighted by Gasteiger charge is -2.43. The second-order valence-corrected chi connectivity index (χ2v) is 8.30.